The molecule has 0 saturated heterocycles. The summed E-state index contributed by atoms with van der Waals surface area (Å²) < 4.78 is 5.42. The van der Waals surface area contributed by atoms with E-state index in [9.17, 15) is 14.7 Å². The van der Waals surface area contributed by atoms with Gasteiger partial charge in [0.05, 0.1) is 7.11 Å². The van der Waals surface area contributed by atoms with Gasteiger partial charge in [-0.25, -0.2) is 0 Å². The third-order valence-electron chi connectivity index (χ3n) is 9.18. The van der Waals surface area contributed by atoms with Gasteiger partial charge in [0.15, 0.2) is 11.5 Å². The summed E-state index contributed by atoms with van der Waals surface area (Å²) in [5, 5.41) is 13.3. The van der Waals surface area contributed by atoms with E-state index in [0.29, 0.717) is 54.6 Å². The maximum atomic E-state index is 13.2. The highest BCUT2D eigenvalue weighted by atomic mass is 16.5. The van der Waals surface area contributed by atoms with Crippen molar-refractivity contribution in [1.29, 1.82) is 0 Å². The fraction of sp³-hybridized carbons (Fsp3) is 0.533. The number of hydrogen-bond acceptors (Lipinski definition) is 4. The van der Waals surface area contributed by atoms with Gasteiger partial charge in [0, 0.05) is 24.8 Å². The molecule has 0 spiro atoms. The van der Waals surface area contributed by atoms with Gasteiger partial charge in [0.1, 0.15) is 5.78 Å². The van der Waals surface area contributed by atoms with Gasteiger partial charge in [-0.1, -0.05) is 37.3 Å². The molecule has 0 aliphatic heterocycles. The Morgan fingerprint density at radius 2 is 2.00 bits per heavy atom. The van der Waals surface area contributed by atoms with Crippen molar-refractivity contribution in [1.82, 2.24) is 5.32 Å². The average molecular weight is 476 g/mol. The molecule has 0 unspecified atom stereocenters. The first-order chi connectivity index (χ1) is 16.9. The highest BCUT2D eigenvalue weighted by Gasteiger charge is 2.58. The number of amides is 1. The molecule has 5 nitrogen and oxygen atoms in total. The Labute approximate surface area is 208 Å². The van der Waals surface area contributed by atoms with Crippen molar-refractivity contribution >= 4 is 11.7 Å². The van der Waals surface area contributed by atoms with Crippen molar-refractivity contribution in [3.63, 3.8) is 0 Å². The van der Waals surface area contributed by atoms with Crippen LogP contribution in [0.5, 0.6) is 11.5 Å². The Balaban J connectivity index is 1.26. The number of ketones is 1. The Kier molecular flexibility index (Phi) is 6.61. The van der Waals surface area contributed by atoms with Crippen molar-refractivity contribution in [3.8, 4) is 11.5 Å². The third kappa shape index (κ3) is 4.46. The lowest BCUT2D eigenvalue weighted by Crippen LogP contribution is -2.44. The monoisotopic (exact) mass is 475 g/mol. The van der Waals surface area contributed by atoms with Crippen LogP contribution in [0.15, 0.2) is 42.5 Å². The number of rotatable bonds is 7. The largest absolute Gasteiger partial charge is 0.504 e. The molecule has 0 heterocycles. The number of nitrogens with one attached hydrogen (secondary N) is 1. The first-order valence-electron chi connectivity index (χ1n) is 13.1. The second-order valence-corrected chi connectivity index (χ2v) is 11.1. The molecule has 2 N–H and O–H groups in total. The van der Waals surface area contributed by atoms with E-state index in [2.05, 4.69) is 12.2 Å². The summed E-state index contributed by atoms with van der Waals surface area (Å²) in [5.74, 6) is 2.86. The number of methoxy groups -OCH3 is 1. The molecule has 2 aromatic rings. The number of aryl methyl sites for hydroxylation is 1. The molecule has 2 aromatic carbocycles. The van der Waals surface area contributed by atoms with E-state index in [0.717, 1.165) is 44.1 Å². The Morgan fingerprint density at radius 3 is 2.77 bits per heavy atom. The zero-order valence-electron chi connectivity index (χ0n) is 20.9. The maximum absolute atomic E-state index is 13.2. The van der Waals surface area contributed by atoms with Gasteiger partial charge < -0.3 is 15.2 Å². The fourth-order valence-electron chi connectivity index (χ4n) is 7.49. The summed E-state index contributed by atoms with van der Waals surface area (Å²) in [7, 11) is 1.60. The van der Waals surface area contributed by atoms with Crippen LogP contribution in [0.3, 0.4) is 0 Å². The number of aromatic hydroxyl groups is 1. The summed E-state index contributed by atoms with van der Waals surface area (Å²) >= 11 is 0. The number of Topliss-reactive ketones (excluding diaryl/α,β-unsaturated/α-hetero) is 1. The number of phenolic OH excluding ortho intramolecular Hbond substituents is 1. The van der Waals surface area contributed by atoms with Crippen LogP contribution in [-0.4, -0.2) is 23.9 Å². The maximum Gasteiger partial charge on any atom is 0.220 e. The molecule has 5 rings (SSSR count). The van der Waals surface area contributed by atoms with Gasteiger partial charge in [-0.2, -0.15) is 0 Å². The van der Waals surface area contributed by atoms with E-state index in [-0.39, 0.29) is 17.1 Å². The smallest absolute Gasteiger partial charge is 0.220 e. The first-order valence-corrected chi connectivity index (χ1v) is 13.1. The summed E-state index contributed by atoms with van der Waals surface area (Å²) in [6, 6.07) is 13.9. The van der Waals surface area contributed by atoms with E-state index in [1.807, 2.05) is 42.5 Å². The molecule has 0 aromatic heterocycles. The van der Waals surface area contributed by atoms with Crippen molar-refractivity contribution in [3.05, 3.63) is 59.2 Å². The number of carbonyl (C=O) groups is 2. The number of fused-ring (bicyclic) bond motifs is 5. The predicted molar refractivity (Wildman–Crippen MR) is 135 cm³/mol. The molecular formula is C30H37NO4. The van der Waals surface area contributed by atoms with Crippen LogP contribution in [0.4, 0.5) is 0 Å². The second kappa shape index (κ2) is 9.67. The minimum atomic E-state index is -0.236. The summed E-state index contributed by atoms with van der Waals surface area (Å²) in [5.41, 5.74) is 3.40. The molecule has 0 radical (unpaired) electrons. The van der Waals surface area contributed by atoms with E-state index in [1.165, 1.54) is 11.1 Å². The summed E-state index contributed by atoms with van der Waals surface area (Å²) in [4.78, 5) is 25.7. The first kappa shape index (κ1) is 23.9. The topological polar surface area (TPSA) is 75.6 Å². The Morgan fingerprint density at radius 1 is 1.20 bits per heavy atom. The van der Waals surface area contributed by atoms with Gasteiger partial charge in [0.2, 0.25) is 5.91 Å². The van der Waals surface area contributed by atoms with Crippen LogP contribution >= 0.6 is 0 Å². The molecule has 5 atom stereocenters. The molecule has 2 saturated carbocycles. The van der Waals surface area contributed by atoms with Crippen LogP contribution in [-0.2, 0) is 22.6 Å². The van der Waals surface area contributed by atoms with E-state index >= 15 is 0 Å². The molecular weight excluding hydrogens is 438 g/mol. The fourth-order valence-corrected chi connectivity index (χ4v) is 7.49. The highest BCUT2D eigenvalue weighted by Crippen LogP contribution is 2.62. The molecule has 35 heavy (non-hydrogen) atoms. The van der Waals surface area contributed by atoms with Crippen LogP contribution in [0, 0.1) is 23.2 Å². The highest BCUT2D eigenvalue weighted by molar-refractivity contribution is 5.87. The van der Waals surface area contributed by atoms with Gasteiger partial charge in [0.25, 0.3) is 0 Å². The molecule has 5 heteroatoms. The number of hydrogen-bond donors (Lipinski definition) is 2. The number of phenols is 1. The normalized spacial score (nSPS) is 29.1. The SMILES string of the molecule is COc1cc2c(cc1O)CC[C@H]1[C@@H]3[C@H](CCCC(=O)NCc4ccccc4)CC(=O)[C@@]3(C)CC[C@H]21. The number of carbonyl (C=O) groups excluding carboxylic acids is 2. The molecule has 186 valence electrons. The molecule has 1 amide bonds. The zero-order chi connectivity index (χ0) is 24.6. The van der Waals surface area contributed by atoms with E-state index < -0.39 is 0 Å². The summed E-state index contributed by atoms with van der Waals surface area (Å²) in [6.07, 6.45) is 6.85. The van der Waals surface area contributed by atoms with Crippen LogP contribution in [0.2, 0.25) is 0 Å². The van der Waals surface area contributed by atoms with Crippen molar-refractivity contribution in [2.75, 3.05) is 7.11 Å². The molecule has 3 aliphatic carbocycles. The average Bonchev–Trinajstić information content (AvgIpc) is 3.12. The van der Waals surface area contributed by atoms with Gasteiger partial charge in [-0.05, 0) is 91.0 Å². The molecule has 3 aliphatic rings. The minimum absolute atomic E-state index is 0.0842. The second-order valence-electron chi connectivity index (χ2n) is 11.1. The van der Waals surface area contributed by atoms with Crippen molar-refractivity contribution < 1.29 is 19.4 Å². The molecule has 2 fully saturated rings. The Hall–Kier alpha value is -2.82. The van der Waals surface area contributed by atoms with E-state index in [1.54, 1.807) is 7.11 Å². The third-order valence-corrected chi connectivity index (χ3v) is 9.18. The lowest BCUT2D eigenvalue weighted by Gasteiger charge is -2.50. The van der Waals surface area contributed by atoms with Crippen LogP contribution in [0.25, 0.3) is 0 Å². The van der Waals surface area contributed by atoms with Gasteiger partial charge in [-0.15, -0.1) is 0 Å². The van der Waals surface area contributed by atoms with Crippen molar-refractivity contribution in [2.24, 2.45) is 23.2 Å². The van der Waals surface area contributed by atoms with Crippen LogP contribution in [0.1, 0.15) is 74.5 Å². The quantitative estimate of drug-likeness (QED) is 0.551. The van der Waals surface area contributed by atoms with Gasteiger partial charge in [-0.3, -0.25) is 9.59 Å². The van der Waals surface area contributed by atoms with Gasteiger partial charge >= 0.3 is 0 Å². The van der Waals surface area contributed by atoms with Crippen molar-refractivity contribution in [2.45, 2.75) is 70.8 Å². The van der Waals surface area contributed by atoms with E-state index in [4.69, 9.17) is 4.74 Å². The standard InChI is InChI=1S/C30H37NO4/c1-30-14-13-22-23(12-11-20-15-25(32)26(35-2)17-24(20)22)29(30)21(16-27(30)33)9-6-10-28(34)31-18-19-7-4-3-5-8-19/h3-5,7-8,15,17,21-23,29,32H,6,9-14,16,18H2,1-2H3,(H,31,34)/t21-,22+,23-,29+,30-/m1/s1. The summed E-state index contributed by atoms with van der Waals surface area (Å²) in [6.45, 7) is 2.76. The minimum Gasteiger partial charge on any atom is -0.504 e. The van der Waals surface area contributed by atoms with Crippen LogP contribution < -0.4 is 10.1 Å². The zero-order valence-corrected chi connectivity index (χ0v) is 20.9. The number of ether oxygens (including phenoxy) is 1. The lowest BCUT2D eigenvalue weighted by atomic mass is 9.54. The Bertz CT molecular complexity index is 1100. The number of benzene rings is 2. The lowest BCUT2D eigenvalue weighted by molar-refractivity contribution is -0.129. The predicted octanol–water partition coefficient (Wildman–Crippen LogP) is 5.54. The molecule has 0 bridgehead atoms.